The molecule has 42 heavy (non-hydrogen) atoms. The second-order valence-corrected chi connectivity index (χ2v) is 11.0. The van der Waals surface area contributed by atoms with E-state index in [-0.39, 0.29) is 21.3 Å². The zero-order chi connectivity index (χ0) is 29.7. The molecule has 4 aromatic rings. The number of rotatable bonds is 10. The van der Waals surface area contributed by atoms with Gasteiger partial charge in [-0.25, -0.2) is 14.6 Å². The highest BCUT2D eigenvalue weighted by atomic mass is 32.1. The van der Waals surface area contributed by atoms with Crippen LogP contribution in [0.1, 0.15) is 54.0 Å². The number of anilines is 3. The van der Waals surface area contributed by atoms with Crippen molar-refractivity contribution >= 4 is 46.1 Å². The Morgan fingerprint density at radius 3 is 2.43 bits per heavy atom. The van der Waals surface area contributed by atoms with E-state index in [4.69, 9.17) is 4.98 Å². The monoisotopic (exact) mass is 592 g/mol. The standard InChI is InChI=1S/C27H33N11O3S/c1-4-37(5-2)27(41)38(13-7-6-8-14-38)21-15-20(28-16-18-9-11-19(12-10-18)23-33-35-36-34-23)30-25(31-21)32-26-29-17(3)22(42-26)24(39)40/h9-12,15H,4-8,13-14,16H2,1-3H3,(H3-,28,29,30,31,32,33,34,35,36,39,40)/p+1. The number of aromatic carboxylic acids is 1. The van der Waals surface area contributed by atoms with E-state index in [9.17, 15) is 14.7 Å². The van der Waals surface area contributed by atoms with Gasteiger partial charge in [0, 0.05) is 25.2 Å². The van der Waals surface area contributed by atoms with Gasteiger partial charge in [-0.1, -0.05) is 35.6 Å². The van der Waals surface area contributed by atoms with Crippen molar-refractivity contribution in [3.63, 3.8) is 0 Å². The number of benzene rings is 1. The minimum absolute atomic E-state index is 0.0191. The number of aromatic nitrogens is 7. The Morgan fingerprint density at radius 2 is 1.81 bits per heavy atom. The number of aromatic amines is 1. The van der Waals surface area contributed by atoms with E-state index in [1.807, 2.05) is 49.1 Å². The molecule has 5 rings (SSSR count). The normalized spacial score (nSPS) is 14.4. The Hall–Kier alpha value is -4.50. The molecule has 4 heterocycles. The van der Waals surface area contributed by atoms with Crippen LogP contribution in [0.2, 0.25) is 0 Å². The molecule has 2 amide bonds. The average molecular weight is 593 g/mol. The summed E-state index contributed by atoms with van der Waals surface area (Å²) >= 11 is 1.02. The van der Waals surface area contributed by atoms with Crippen LogP contribution in [0, 0.1) is 6.92 Å². The van der Waals surface area contributed by atoms with Crippen LogP contribution >= 0.6 is 11.3 Å². The Balaban J connectivity index is 1.49. The highest BCUT2D eigenvalue weighted by Crippen LogP contribution is 2.33. The lowest BCUT2D eigenvalue weighted by molar-refractivity contribution is 0.0701. The number of amides is 2. The Morgan fingerprint density at radius 1 is 1.07 bits per heavy atom. The van der Waals surface area contributed by atoms with E-state index >= 15 is 0 Å². The number of carbonyl (C=O) groups is 2. The number of urea groups is 1. The summed E-state index contributed by atoms with van der Waals surface area (Å²) in [6, 6.07) is 9.64. The lowest BCUT2D eigenvalue weighted by Gasteiger charge is -2.39. The van der Waals surface area contributed by atoms with Gasteiger partial charge in [-0.3, -0.25) is 10.2 Å². The van der Waals surface area contributed by atoms with E-state index in [0.29, 0.717) is 61.0 Å². The summed E-state index contributed by atoms with van der Waals surface area (Å²) < 4.78 is 0.101. The van der Waals surface area contributed by atoms with Crippen molar-refractivity contribution < 1.29 is 14.7 Å². The van der Waals surface area contributed by atoms with Crippen LogP contribution in [0.3, 0.4) is 0 Å². The number of nitrogens with zero attached hydrogens (tertiary/aromatic N) is 8. The number of H-pyrrole nitrogens is 1. The first-order valence-electron chi connectivity index (χ1n) is 13.9. The number of hydrogen-bond acceptors (Lipinski definition) is 11. The van der Waals surface area contributed by atoms with Gasteiger partial charge in [0.1, 0.15) is 10.7 Å². The first kappa shape index (κ1) is 29.0. The van der Waals surface area contributed by atoms with Crippen LogP contribution in [0.5, 0.6) is 0 Å². The number of quaternary nitrogens is 1. The van der Waals surface area contributed by atoms with Crippen LogP contribution in [0.15, 0.2) is 30.3 Å². The predicted octanol–water partition coefficient (Wildman–Crippen LogP) is 4.43. The molecule has 1 aliphatic heterocycles. The van der Waals surface area contributed by atoms with Gasteiger partial charge < -0.3 is 10.4 Å². The van der Waals surface area contributed by atoms with Crippen molar-refractivity contribution in [1.29, 1.82) is 0 Å². The number of nitrogens with one attached hydrogen (secondary N) is 3. The molecule has 0 unspecified atom stereocenters. The van der Waals surface area contributed by atoms with Gasteiger partial charge in [0.05, 0.1) is 24.8 Å². The van der Waals surface area contributed by atoms with Gasteiger partial charge in [0.2, 0.25) is 17.6 Å². The number of likely N-dealkylation sites (tertiary alicyclic amines) is 1. The zero-order valence-electron chi connectivity index (χ0n) is 23.8. The van der Waals surface area contributed by atoms with Gasteiger partial charge in [-0.15, -0.1) is 10.2 Å². The molecule has 0 bridgehead atoms. The fourth-order valence-electron chi connectivity index (χ4n) is 5.13. The molecule has 1 saturated heterocycles. The van der Waals surface area contributed by atoms with Crippen LogP contribution in [0.4, 0.5) is 27.5 Å². The van der Waals surface area contributed by atoms with Gasteiger partial charge in [-0.05, 0) is 50.8 Å². The molecule has 3 aromatic heterocycles. The summed E-state index contributed by atoms with van der Waals surface area (Å²) in [5.74, 6) is 0.840. The van der Waals surface area contributed by atoms with Crippen molar-refractivity contribution in [2.45, 2.75) is 46.6 Å². The summed E-state index contributed by atoms with van der Waals surface area (Å²) in [6.45, 7) is 8.57. The number of aryl methyl sites for hydroxylation is 1. The number of tetrazole rings is 1. The van der Waals surface area contributed by atoms with Crippen molar-refractivity contribution in [3.05, 3.63) is 46.5 Å². The van der Waals surface area contributed by atoms with Crippen LogP contribution in [0.25, 0.3) is 11.4 Å². The maximum atomic E-state index is 14.0. The van der Waals surface area contributed by atoms with E-state index in [1.165, 1.54) is 0 Å². The van der Waals surface area contributed by atoms with Crippen LogP contribution in [-0.4, -0.2) is 83.8 Å². The van der Waals surface area contributed by atoms with Crippen molar-refractivity contribution in [2.75, 3.05) is 36.8 Å². The maximum absolute atomic E-state index is 14.0. The van der Waals surface area contributed by atoms with Crippen molar-refractivity contribution in [3.8, 4) is 11.4 Å². The molecule has 220 valence electrons. The van der Waals surface area contributed by atoms with Gasteiger partial charge in [0.15, 0.2) is 5.13 Å². The molecular formula is C27H34N11O3S+. The molecule has 4 N–H and O–H groups in total. The SMILES string of the molecule is CCN(CC)C(=O)[N+]1(c2cc(NCc3ccc(-c4nn[nH]n4)cc3)nc(Nc3nc(C)c(C(=O)O)s3)n2)CCCCC1. The summed E-state index contributed by atoms with van der Waals surface area (Å²) in [4.78, 5) is 41.5. The molecule has 0 saturated carbocycles. The second kappa shape index (κ2) is 12.6. The number of thiazole rings is 1. The zero-order valence-corrected chi connectivity index (χ0v) is 24.6. The Bertz CT molecular complexity index is 1530. The summed E-state index contributed by atoms with van der Waals surface area (Å²) in [5, 5.41) is 30.4. The lowest BCUT2D eigenvalue weighted by atomic mass is 10.1. The second-order valence-electron chi connectivity index (χ2n) is 10.0. The number of hydrogen-bond donors (Lipinski definition) is 4. The summed E-state index contributed by atoms with van der Waals surface area (Å²) in [6.07, 6.45) is 2.87. The first-order chi connectivity index (χ1) is 20.3. The maximum Gasteiger partial charge on any atom is 0.425 e. The quantitative estimate of drug-likeness (QED) is 0.192. The van der Waals surface area contributed by atoms with Crippen LogP contribution in [-0.2, 0) is 6.54 Å². The molecule has 1 fully saturated rings. The fourth-order valence-corrected chi connectivity index (χ4v) is 5.93. The third-order valence-corrected chi connectivity index (χ3v) is 8.43. The van der Waals surface area contributed by atoms with E-state index in [2.05, 4.69) is 41.2 Å². The number of carbonyl (C=O) groups excluding carboxylic acids is 1. The fraction of sp³-hybridized carbons (Fsp3) is 0.407. The average Bonchev–Trinajstić information content (AvgIpc) is 3.67. The third-order valence-electron chi connectivity index (χ3n) is 7.37. The molecule has 15 heteroatoms. The predicted molar refractivity (Wildman–Crippen MR) is 160 cm³/mol. The molecule has 14 nitrogen and oxygen atoms in total. The van der Waals surface area contributed by atoms with E-state index in [1.54, 1.807) is 6.92 Å². The highest BCUT2D eigenvalue weighted by Gasteiger charge is 2.45. The van der Waals surface area contributed by atoms with Crippen molar-refractivity contribution in [1.82, 2.24) is 45.0 Å². The van der Waals surface area contributed by atoms with E-state index < -0.39 is 5.97 Å². The summed E-state index contributed by atoms with van der Waals surface area (Å²) in [5.41, 5.74) is 2.25. The molecule has 0 aliphatic carbocycles. The van der Waals surface area contributed by atoms with Gasteiger partial charge in [0.25, 0.3) is 0 Å². The smallest absolute Gasteiger partial charge is 0.425 e. The van der Waals surface area contributed by atoms with Gasteiger partial charge in [-0.2, -0.15) is 19.7 Å². The largest absolute Gasteiger partial charge is 0.477 e. The Kier molecular flexibility index (Phi) is 8.68. The number of carboxylic acid groups (broad SMARTS) is 1. The molecule has 0 radical (unpaired) electrons. The van der Waals surface area contributed by atoms with Crippen molar-refractivity contribution in [2.24, 2.45) is 0 Å². The molecule has 0 spiro atoms. The molecular weight excluding hydrogens is 558 g/mol. The number of carboxylic acids is 1. The van der Waals surface area contributed by atoms with Crippen LogP contribution < -0.4 is 15.1 Å². The van der Waals surface area contributed by atoms with Gasteiger partial charge >= 0.3 is 12.0 Å². The lowest BCUT2D eigenvalue weighted by Crippen LogP contribution is -2.62. The minimum Gasteiger partial charge on any atom is -0.477 e. The first-order valence-corrected chi connectivity index (χ1v) is 14.7. The third kappa shape index (κ3) is 6.06. The molecule has 1 aliphatic rings. The highest BCUT2D eigenvalue weighted by molar-refractivity contribution is 7.17. The molecule has 1 aromatic carbocycles. The summed E-state index contributed by atoms with van der Waals surface area (Å²) in [7, 11) is 0. The van der Waals surface area contributed by atoms with E-state index in [0.717, 1.165) is 41.7 Å². The molecule has 0 atom stereocenters. The minimum atomic E-state index is -1.04. The Labute approximate surface area is 246 Å². The number of piperidine rings is 1. The topological polar surface area (TPSA) is 175 Å².